The predicted molar refractivity (Wildman–Crippen MR) is 130 cm³/mol. The highest BCUT2D eigenvalue weighted by Crippen LogP contribution is 2.34. The van der Waals surface area contributed by atoms with Crippen LogP contribution in [0.5, 0.6) is 0 Å². The maximum atomic E-state index is 12.9. The van der Waals surface area contributed by atoms with Crippen LogP contribution in [0.1, 0.15) is 23.2 Å². The molecular formula is C24H24Cl2N4O3. The van der Waals surface area contributed by atoms with Crippen molar-refractivity contribution in [3.8, 4) is 0 Å². The normalized spacial score (nSPS) is 17.6. The lowest BCUT2D eigenvalue weighted by Gasteiger charge is -2.35. The van der Waals surface area contributed by atoms with Crippen molar-refractivity contribution in [1.29, 1.82) is 0 Å². The van der Waals surface area contributed by atoms with Crippen LogP contribution < -0.4 is 10.2 Å². The van der Waals surface area contributed by atoms with E-state index in [9.17, 15) is 14.4 Å². The van der Waals surface area contributed by atoms with Gasteiger partial charge in [0.25, 0.3) is 17.7 Å². The van der Waals surface area contributed by atoms with Gasteiger partial charge in [0.1, 0.15) is 10.7 Å². The summed E-state index contributed by atoms with van der Waals surface area (Å²) in [6.07, 6.45) is 1.90. The largest absolute Gasteiger partial charge is 0.350 e. The van der Waals surface area contributed by atoms with Gasteiger partial charge in [0, 0.05) is 24.3 Å². The minimum Gasteiger partial charge on any atom is -0.350 e. The van der Waals surface area contributed by atoms with Crippen molar-refractivity contribution >= 4 is 52.3 Å². The van der Waals surface area contributed by atoms with Gasteiger partial charge in [-0.3, -0.25) is 14.4 Å². The molecule has 0 aliphatic carbocycles. The fourth-order valence-corrected chi connectivity index (χ4v) is 4.49. The van der Waals surface area contributed by atoms with Gasteiger partial charge in [-0.1, -0.05) is 35.3 Å². The van der Waals surface area contributed by atoms with Crippen molar-refractivity contribution in [1.82, 2.24) is 9.80 Å². The highest BCUT2D eigenvalue weighted by molar-refractivity contribution is 6.53. The van der Waals surface area contributed by atoms with Crippen LogP contribution in [-0.4, -0.2) is 60.7 Å². The maximum absolute atomic E-state index is 12.9. The Morgan fingerprint density at radius 2 is 1.64 bits per heavy atom. The number of imide groups is 1. The molecule has 7 nitrogen and oxygen atoms in total. The molecule has 33 heavy (non-hydrogen) atoms. The SMILES string of the molecule is CN1CCC(N(C)C(=O)c2ccc(NC3=C(Cl)C(=O)N(c4ccccc4Cl)C3=O)cc2)CC1. The first kappa shape index (κ1) is 23.3. The average molecular weight is 487 g/mol. The third-order valence-corrected chi connectivity index (χ3v) is 6.75. The number of nitrogens with one attached hydrogen (secondary N) is 1. The van der Waals surface area contributed by atoms with Crippen LogP contribution in [0, 0.1) is 0 Å². The molecule has 2 aromatic rings. The number of likely N-dealkylation sites (tertiary alicyclic amines) is 1. The Morgan fingerprint density at radius 3 is 2.27 bits per heavy atom. The van der Waals surface area contributed by atoms with E-state index in [1.165, 1.54) is 0 Å². The van der Waals surface area contributed by atoms with E-state index in [4.69, 9.17) is 23.2 Å². The van der Waals surface area contributed by atoms with E-state index >= 15 is 0 Å². The van der Waals surface area contributed by atoms with Crippen LogP contribution in [-0.2, 0) is 9.59 Å². The molecule has 0 radical (unpaired) electrons. The third kappa shape index (κ3) is 4.62. The molecule has 0 unspecified atom stereocenters. The highest BCUT2D eigenvalue weighted by Gasteiger charge is 2.39. The summed E-state index contributed by atoms with van der Waals surface area (Å²) in [6.45, 7) is 1.94. The molecule has 0 bridgehead atoms. The molecule has 3 amide bonds. The van der Waals surface area contributed by atoms with Gasteiger partial charge in [-0.2, -0.15) is 0 Å². The van der Waals surface area contributed by atoms with Crippen LogP contribution in [0.2, 0.25) is 5.02 Å². The van der Waals surface area contributed by atoms with Crippen molar-refractivity contribution in [3.05, 3.63) is 69.8 Å². The number of para-hydroxylation sites is 1. The molecular weight excluding hydrogens is 463 g/mol. The molecule has 2 aliphatic rings. The number of rotatable bonds is 5. The Bertz CT molecular complexity index is 1120. The van der Waals surface area contributed by atoms with Crippen LogP contribution in [0.25, 0.3) is 0 Å². The Morgan fingerprint density at radius 1 is 1.00 bits per heavy atom. The second kappa shape index (κ2) is 9.55. The summed E-state index contributed by atoms with van der Waals surface area (Å²) < 4.78 is 0. The summed E-state index contributed by atoms with van der Waals surface area (Å²) in [4.78, 5) is 43.5. The van der Waals surface area contributed by atoms with Crippen LogP contribution >= 0.6 is 23.2 Å². The number of anilines is 2. The molecule has 4 rings (SSSR count). The van der Waals surface area contributed by atoms with E-state index in [0.29, 0.717) is 11.3 Å². The third-order valence-electron chi connectivity index (χ3n) is 6.08. The lowest BCUT2D eigenvalue weighted by Crippen LogP contribution is -2.44. The zero-order chi connectivity index (χ0) is 23.7. The quantitative estimate of drug-likeness (QED) is 0.647. The number of hydrogen-bond donors (Lipinski definition) is 1. The van der Waals surface area contributed by atoms with Gasteiger partial charge in [0.15, 0.2) is 0 Å². The lowest BCUT2D eigenvalue weighted by molar-refractivity contribution is -0.120. The number of nitrogens with zero attached hydrogens (tertiary/aromatic N) is 3. The Labute approximate surface area is 202 Å². The summed E-state index contributed by atoms with van der Waals surface area (Å²) in [6, 6.07) is 13.5. The van der Waals surface area contributed by atoms with E-state index < -0.39 is 11.8 Å². The number of hydrogen-bond acceptors (Lipinski definition) is 5. The van der Waals surface area contributed by atoms with Gasteiger partial charge in [-0.25, -0.2) is 4.90 Å². The average Bonchev–Trinajstić information content (AvgIpc) is 3.02. The van der Waals surface area contributed by atoms with Gasteiger partial charge < -0.3 is 15.1 Å². The Hall–Kier alpha value is -2.87. The minimum atomic E-state index is -0.649. The molecule has 0 spiro atoms. The van der Waals surface area contributed by atoms with Gasteiger partial charge in [0.2, 0.25) is 0 Å². The summed E-state index contributed by atoms with van der Waals surface area (Å²) >= 11 is 12.3. The second-order valence-electron chi connectivity index (χ2n) is 8.24. The summed E-state index contributed by atoms with van der Waals surface area (Å²) in [5, 5.41) is 2.96. The molecule has 9 heteroatoms. The standard InChI is InChI=1S/C24H24Cl2N4O3/c1-28-13-11-17(12-14-28)29(2)22(31)15-7-9-16(10-8-15)27-21-20(26)23(32)30(24(21)33)19-6-4-3-5-18(19)25/h3-10,17,27H,11-14H2,1-2H3. The number of benzene rings is 2. The molecule has 1 saturated heterocycles. The van der Waals surface area contributed by atoms with Gasteiger partial charge >= 0.3 is 0 Å². The summed E-state index contributed by atoms with van der Waals surface area (Å²) in [7, 11) is 3.92. The fourth-order valence-electron chi connectivity index (χ4n) is 4.06. The van der Waals surface area contributed by atoms with E-state index in [2.05, 4.69) is 17.3 Å². The monoisotopic (exact) mass is 486 g/mol. The molecule has 1 N–H and O–H groups in total. The van der Waals surface area contributed by atoms with Gasteiger partial charge in [-0.15, -0.1) is 0 Å². The van der Waals surface area contributed by atoms with E-state index in [0.717, 1.165) is 30.8 Å². The van der Waals surface area contributed by atoms with Gasteiger partial charge in [-0.05, 0) is 69.4 Å². The molecule has 0 aromatic heterocycles. The van der Waals surface area contributed by atoms with Crippen molar-refractivity contribution in [2.24, 2.45) is 0 Å². The lowest BCUT2D eigenvalue weighted by atomic mass is 10.0. The first-order chi connectivity index (χ1) is 15.8. The van der Waals surface area contributed by atoms with E-state index in [-0.39, 0.29) is 33.4 Å². The summed E-state index contributed by atoms with van der Waals surface area (Å²) in [5.74, 6) is -1.30. The molecule has 0 saturated carbocycles. The smallest absolute Gasteiger partial charge is 0.283 e. The van der Waals surface area contributed by atoms with Crippen molar-refractivity contribution in [3.63, 3.8) is 0 Å². The molecule has 2 heterocycles. The van der Waals surface area contributed by atoms with Crippen LogP contribution in [0.15, 0.2) is 59.3 Å². The highest BCUT2D eigenvalue weighted by atomic mass is 35.5. The number of piperidine rings is 1. The Kier molecular flexibility index (Phi) is 6.74. The first-order valence-corrected chi connectivity index (χ1v) is 11.4. The molecule has 172 valence electrons. The second-order valence-corrected chi connectivity index (χ2v) is 9.02. The number of carbonyl (C=O) groups excluding carboxylic acids is 3. The van der Waals surface area contributed by atoms with Crippen molar-refractivity contribution in [2.45, 2.75) is 18.9 Å². The van der Waals surface area contributed by atoms with Crippen LogP contribution in [0.4, 0.5) is 11.4 Å². The van der Waals surface area contributed by atoms with Gasteiger partial charge in [0.05, 0.1) is 10.7 Å². The van der Waals surface area contributed by atoms with Crippen molar-refractivity contribution in [2.75, 3.05) is 37.4 Å². The number of carbonyl (C=O) groups is 3. The molecule has 2 aliphatic heterocycles. The van der Waals surface area contributed by atoms with Crippen molar-refractivity contribution < 1.29 is 14.4 Å². The minimum absolute atomic E-state index is 0.0379. The molecule has 2 aromatic carbocycles. The number of amides is 3. The van der Waals surface area contributed by atoms with E-state index in [1.54, 1.807) is 53.4 Å². The van der Waals surface area contributed by atoms with Crippen LogP contribution in [0.3, 0.4) is 0 Å². The van der Waals surface area contributed by atoms with E-state index in [1.807, 2.05) is 7.05 Å². The summed E-state index contributed by atoms with van der Waals surface area (Å²) in [5.41, 5.74) is 1.31. The fraction of sp³-hybridized carbons (Fsp3) is 0.292. The zero-order valence-corrected chi connectivity index (χ0v) is 19.9. The predicted octanol–water partition coefficient (Wildman–Crippen LogP) is 3.94. The molecule has 1 fully saturated rings. The number of halogens is 2. The molecule has 0 atom stereocenters. The maximum Gasteiger partial charge on any atom is 0.283 e. The topological polar surface area (TPSA) is 73.0 Å². The zero-order valence-electron chi connectivity index (χ0n) is 18.3. The first-order valence-electron chi connectivity index (χ1n) is 10.6. The Balaban J connectivity index is 1.46.